The Bertz CT molecular complexity index is 657. The van der Waals surface area contributed by atoms with Gasteiger partial charge >= 0.3 is 5.97 Å². The molecule has 0 amide bonds. The molecule has 7 nitrogen and oxygen atoms in total. The van der Waals surface area contributed by atoms with Gasteiger partial charge < -0.3 is 9.84 Å². The highest BCUT2D eigenvalue weighted by molar-refractivity contribution is 5.90. The molecule has 7 heteroatoms. The van der Waals surface area contributed by atoms with Gasteiger partial charge in [0.2, 0.25) is 0 Å². The monoisotopic (exact) mass is 274 g/mol. The van der Waals surface area contributed by atoms with Crippen molar-refractivity contribution in [2.24, 2.45) is 0 Å². The Morgan fingerprint density at radius 2 is 2.20 bits per heavy atom. The van der Waals surface area contributed by atoms with E-state index in [9.17, 15) is 14.9 Å². The van der Waals surface area contributed by atoms with Gasteiger partial charge in [-0.2, -0.15) is 0 Å². The number of carboxylic acid groups (broad SMARTS) is 1. The van der Waals surface area contributed by atoms with E-state index in [4.69, 9.17) is 9.84 Å². The molecule has 0 saturated carbocycles. The van der Waals surface area contributed by atoms with Gasteiger partial charge in [-0.3, -0.25) is 15.1 Å². The summed E-state index contributed by atoms with van der Waals surface area (Å²) in [6, 6.07) is 7.26. The number of aromatic carboxylic acids is 1. The van der Waals surface area contributed by atoms with Gasteiger partial charge in [0.15, 0.2) is 5.75 Å². The van der Waals surface area contributed by atoms with Crippen LogP contribution in [0.4, 0.5) is 5.69 Å². The van der Waals surface area contributed by atoms with E-state index in [1.807, 2.05) is 0 Å². The van der Waals surface area contributed by atoms with Crippen LogP contribution in [0.3, 0.4) is 0 Å². The SMILES string of the molecule is O=C(O)c1ccncc1OCc1cccc([N+](=O)[O-])c1. The van der Waals surface area contributed by atoms with Gasteiger partial charge in [-0.05, 0) is 11.6 Å². The molecule has 1 heterocycles. The number of non-ortho nitro benzene ring substituents is 1. The van der Waals surface area contributed by atoms with Crippen LogP contribution in [0.25, 0.3) is 0 Å². The van der Waals surface area contributed by atoms with E-state index >= 15 is 0 Å². The summed E-state index contributed by atoms with van der Waals surface area (Å²) in [5.41, 5.74) is 0.514. The summed E-state index contributed by atoms with van der Waals surface area (Å²) in [7, 11) is 0. The molecule has 0 unspecified atom stereocenters. The first-order valence-electron chi connectivity index (χ1n) is 5.61. The Kier molecular flexibility index (Phi) is 3.90. The Morgan fingerprint density at radius 3 is 2.90 bits per heavy atom. The van der Waals surface area contributed by atoms with E-state index in [1.54, 1.807) is 6.07 Å². The summed E-state index contributed by atoms with van der Waals surface area (Å²) in [5, 5.41) is 19.6. The quantitative estimate of drug-likeness (QED) is 0.662. The van der Waals surface area contributed by atoms with Crippen LogP contribution in [0.15, 0.2) is 42.7 Å². The molecule has 20 heavy (non-hydrogen) atoms. The number of hydrogen-bond acceptors (Lipinski definition) is 5. The van der Waals surface area contributed by atoms with Crippen molar-refractivity contribution >= 4 is 11.7 Å². The molecule has 0 aliphatic carbocycles. The third kappa shape index (κ3) is 3.08. The fourth-order valence-corrected chi connectivity index (χ4v) is 1.59. The molecule has 2 rings (SSSR count). The maximum atomic E-state index is 11.0. The zero-order chi connectivity index (χ0) is 14.5. The number of nitro groups is 1. The summed E-state index contributed by atoms with van der Waals surface area (Å²) in [5.74, 6) is -1.01. The smallest absolute Gasteiger partial charge is 0.339 e. The van der Waals surface area contributed by atoms with Crippen LogP contribution in [0.2, 0.25) is 0 Å². The zero-order valence-corrected chi connectivity index (χ0v) is 10.2. The standard InChI is InChI=1S/C13H10N2O5/c16-13(17)11-4-5-14-7-12(11)20-8-9-2-1-3-10(6-9)15(18)19/h1-7H,8H2,(H,16,17). The van der Waals surface area contributed by atoms with E-state index in [0.29, 0.717) is 5.56 Å². The minimum atomic E-state index is -1.12. The minimum Gasteiger partial charge on any atom is -0.486 e. The number of carboxylic acids is 1. The van der Waals surface area contributed by atoms with E-state index in [0.717, 1.165) is 0 Å². The predicted octanol–water partition coefficient (Wildman–Crippen LogP) is 2.27. The summed E-state index contributed by atoms with van der Waals surface area (Å²) in [6.45, 7) is 0.0215. The number of benzene rings is 1. The maximum absolute atomic E-state index is 11.0. The number of aromatic nitrogens is 1. The van der Waals surface area contributed by atoms with E-state index in [2.05, 4.69) is 4.98 Å². The highest BCUT2D eigenvalue weighted by Crippen LogP contribution is 2.19. The summed E-state index contributed by atoms with van der Waals surface area (Å²) in [4.78, 5) is 24.9. The van der Waals surface area contributed by atoms with Crippen molar-refractivity contribution in [1.29, 1.82) is 0 Å². The fraction of sp³-hybridized carbons (Fsp3) is 0.0769. The molecule has 2 aromatic rings. The number of rotatable bonds is 5. The third-order valence-corrected chi connectivity index (χ3v) is 2.53. The lowest BCUT2D eigenvalue weighted by molar-refractivity contribution is -0.384. The van der Waals surface area contributed by atoms with Gasteiger partial charge in [-0.1, -0.05) is 12.1 Å². The van der Waals surface area contributed by atoms with Crippen molar-refractivity contribution in [2.75, 3.05) is 0 Å². The Balaban J connectivity index is 2.15. The van der Waals surface area contributed by atoms with Gasteiger partial charge in [0.1, 0.15) is 12.2 Å². The van der Waals surface area contributed by atoms with Gasteiger partial charge in [0.05, 0.1) is 11.1 Å². The molecule has 0 saturated heterocycles. The molecule has 0 bridgehead atoms. The van der Waals surface area contributed by atoms with Crippen LogP contribution in [-0.2, 0) is 6.61 Å². The molecule has 1 N–H and O–H groups in total. The predicted molar refractivity (Wildman–Crippen MR) is 68.6 cm³/mol. The second-order valence-electron chi connectivity index (χ2n) is 3.89. The van der Waals surface area contributed by atoms with E-state index in [-0.39, 0.29) is 23.6 Å². The molecular formula is C13H10N2O5. The van der Waals surface area contributed by atoms with Crippen molar-refractivity contribution in [2.45, 2.75) is 6.61 Å². The topological polar surface area (TPSA) is 103 Å². The number of nitro benzene ring substituents is 1. The highest BCUT2D eigenvalue weighted by atomic mass is 16.6. The average Bonchev–Trinajstić information content (AvgIpc) is 2.45. The summed E-state index contributed by atoms with van der Waals surface area (Å²) >= 11 is 0. The van der Waals surface area contributed by atoms with Crippen molar-refractivity contribution in [3.8, 4) is 5.75 Å². The Labute approximate surface area is 113 Å². The first-order chi connectivity index (χ1) is 9.58. The highest BCUT2D eigenvalue weighted by Gasteiger charge is 2.11. The van der Waals surface area contributed by atoms with Crippen molar-refractivity contribution in [3.63, 3.8) is 0 Å². The van der Waals surface area contributed by atoms with Crippen LogP contribution in [-0.4, -0.2) is 21.0 Å². The minimum absolute atomic E-state index is 0.00886. The lowest BCUT2D eigenvalue weighted by atomic mass is 10.2. The van der Waals surface area contributed by atoms with Crippen LogP contribution < -0.4 is 4.74 Å². The molecule has 0 atom stereocenters. The summed E-state index contributed by atoms with van der Waals surface area (Å²) < 4.78 is 5.35. The number of nitrogens with zero attached hydrogens (tertiary/aromatic N) is 2. The first kappa shape index (κ1) is 13.5. The number of ether oxygens (including phenoxy) is 1. The van der Waals surface area contributed by atoms with E-state index < -0.39 is 10.9 Å². The van der Waals surface area contributed by atoms with Gasteiger partial charge in [-0.15, -0.1) is 0 Å². The van der Waals surface area contributed by atoms with Gasteiger partial charge in [-0.25, -0.2) is 4.79 Å². The fourth-order valence-electron chi connectivity index (χ4n) is 1.59. The number of pyridine rings is 1. The van der Waals surface area contributed by atoms with Crippen molar-refractivity contribution < 1.29 is 19.6 Å². The molecule has 102 valence electrons. The molecule has 0 radical (unpaired) electrons. The average molecular weight is 274 g/mol. The molecule has 1 aromatic heterocycles. The zero-order valence-electron chi connectivity index (χ0n) is 10.2. The number of hydrogen-bond donors (Lipinski definition) is 1. The molecule has 1 aromatic carbocycles. The largest absolute Gasteiger partial charge is 0.486 e. The number of carbonyl (C=O) groups is 1. The second-order valence-corrected chi connectivity index (χ2v) is 3.89. The van der Waals surface area contributed by atoms with Crippen LogP contribution in [0, 0.1) is 10.1 Å². The Morgan fingerprint density at radius 1 is 1.40 bits per heavy atom. The van der Waals surface area contributed by atoms with Gasteiger partial charge in [0.25, 0.3) is 5.69 Å². The molecule has 0 fully saturated rings. The van der Waals surface area contributed by atoms with Crippen molar-refractivity contribution in [1.82, 2.24) is 4.98 Å². The lowest BCUT2D eigenvalue weighted by Crippen LogP contribution is -2.04. The first-order valence-corrected chi connectivity index (χ1v) is 5.61. The van der Waals surface area contributed by atoms with Crippen LogP contribution in [0.1, 0.15) is 15.9 Å². The second kappa shape index (κ2) is 5.79. The molecule has 0 aliphatic rings. The third-order valence-electron chi connectivity index (χ3n) is 2.53. The van der Waals surface area contributed by atoms with E-state index in [1.165, 1.54) is 36.7 Å². The van der Waals surface area contributed by atoms with Crippen LogP contribution >= 0.6 is 0 Å². The molecule has 0 aliphatic heterocycles. The summed E-state index contributed by atoms with van der Waals surface area (Å²) in [6.07, 6.45) is 2.64. The normalized spacial score (nSPS) is 10.0. The Hall–Kier alpha value is -2.96. The lowest BCUT2D eigenvalue weighted by Gasteiger charge is -2.08. The van der Waals surface area contributed by atoms with Crippen molar-refractivity contribution in [3.05, 3.63) is 64.0 Å². The van der Waals surface area contributed by atoms with Crippen LogP contribution in [0.5, 0.6) is 5.75 Å². The molecular weight excluding hydrogens is 264 g/mol. The molecule has 0 spiro atoms. The maximum Gasteiger partial charge on any atom is 0.339 e. The van der Waals surface area contributed by atoms with Gasteiger partial charge in [0, 0.05) is 18.3 Å².